The molecule has 1 aromatic heterocycles. The largest absolute Gasteiger partial charge is 0.379 e. The van der Waals surface area contributed by atoms with E-state index in [1.165, 1.54) is 37.0 Å². The predicted octanol–water partition coefficient (Wildman–Crippen LogP) is 4.26. The molecule has 0 aromatic carbocycles. The Morgan fingerprint density at radius 2 is 2.11 bits per heavy atom. The summed E-state index contributed by atoms with van der Waals surface area (Å²) in [7, 11) is 3.82. The number of hydrogen-bond acceptors (Lipinski definition) is 3. The first-order valence-corrected chi connectivity index (χ1v) is 7.96. The Hall–Kier alpha value is -0.0900. The van der Waals surface area contributed by atoms with E-state index in [1.807, 2.05) is 20.2 Å². The number of rotatable bonds is 5. The SMILES string of the molecule is CNC(c1sccc1Cl)C(OC)C1CCCCC1. The predicted molar refractivity (Wildman–Crippen MR) is 78.5 cm³/mol. The average molecular weight is 288 g/mol. The first kappa shape index (κ1) is 14.3. The van der Waals surface area contributed by atoms with E-state index in [0.29, 0.717) is 5.92 Å². The van der Waals surface area contributed by atoms with Crippen LogP contribution >= 0.6 is 22.9 Å². The molecule has 0 spiro atoms. The lowest BCUT2D eigenvalue weighted by Gasteiger charge is -2.34. The highest BCUT2D eigenvalue weighted by Gasteiger charge is 2.32. The van der Waals surface area contributed by atoms with Gasteiger partial charge < -0.3 is 10.1 Å². The molecule has 1 heterocycles. The second-order valence-electron chi connectivity index (χ2n) is 5.00. The summed E-state index contributed by atoms with van der Waals surface area (Å²) in [5, 5.41) is 6.30. The summed E-state index contributed by atoms with van der Waals surface area (Å²) in [5.74, 6) is 0.652. The molecule has 2 atom stereocenters. The maximum absolute atomic E-state index is 6.27. The molecule has 2 rings (SSSR count). The Morgan fingerprint density at radius 3 is 2.61 bits per heavy atom. The summed E-state index contributed by atoms with van der Waals surface area (Å²) in [4.78, 5) is 1.21. The molecular weight excluding hydrogens is 266 g/mol. The number of nitrogens with one attached hydrogen (secondary N) is 1. The van der Waals surface area contributed by atoms with Crippen LogP contribution in [0.15, 0.2) is 11.4 Å². The van der Waals surface area contributed by atoms with Gasteiger partial charge in [-0.3, -0.25) is 0 Å². The van der Waals surface area contributed by atoms with Gasteiger partial charge in [0.25, 0.3) is 0 Å². The second-order valence-corrected chi connectivity index (χ2v) is 6.35. The van der Waals surface area contributed by atoms with Crippen molar-refractivity contribution < 1.29 is 4.74 Å². The van der Waals surface area contributed by atoms with Crippen LogP contribution in [-0.2, 0) is 4.74 Å². The van der Waals surface area contributed by atoms with Crippen LogP contribution in [0.5, 0.6) is 0 Å². The Labute approximate surface area is 119 Å². The molecule has 1 aliphatic carbocycles. The van der Waals surface area contributed by atoms with Gasteiger partial charge in [-0.1, -0.05) is 30.9 Å². The van der Waals surface area contributed by atoms with Gasteiger partial charge in [0.05, 0.1) is 17.2 Å². The minimum atomic E-state index is 0.214. The third-order valence-electron chi connectivity index (χ3n) is 3.95. The highest BCUT2D eigenvalue weighted by molar-refractivity contribution is 7.10. The van der Waals surface area contributed by atoms with Crippen molar-refractivity contribution in [2.45, 2.75) is 44.2 Å². The molecule has 0 bridgehead atoms. The van der Waals surface area contributed by atoms with Crippen molar-refractivity contribution in [3.63, 3.8) is 0 Å². The molecule has 0 aliphatic heterocycles. The van der Waals surface area contributed by atoms with Crippen molar-refractivity contribution in [1.29, 1.82) is 0 Å². The summed E-state index contributed by atoms with van der Waals surface area (Å²) >= 11 is 7.98. The lowest BCUT2D eigenvalue weighted by molar-refractivity contribution is 0.0103. The van der Waals surface area contributed by atoms with Gasteiger partial charge >= 0.3 is 0 Å². The first-order valence-electron chi connectivity index (χ1n) is 6.71. The highest BCUT2D eigenvalue weighted by Crippen LogP contribution is 2.38. The number of ether oxygens (including phenoxy) is 1. The summed E-state index contributed by atoms with van der Waals surface area (Å²) in [6, 6.07) is 2.19. The zero-order valence-corrected chi connectivity index (χ0v) is 12.7. The fourth-order valence-corrected chi connectivity index (χ4v) is 4.35. The van der Waals surface area contributed by atoms with Crippen LogP contribution in [-0.4, -0.2) is 20.3 Å². The van der Waals surface area contributed by atoms with Gasteiger partial charge in [0.1, 0.15) is 0 Å². The molecule has 1 N–H and O–H groups in total. The molecule has 1 fully saturated rings. The molecule has 1 aliphatic rings. The van der Waals surface area contributed by atoms with E-state index in [-0.39, 0.29) is 12.1 Å². The Kier molecular flexibility index (Phi) is 5.49. The van der Waals surface area contributed by atoms with Gasteiger partial charge in [0.2, 0.25) is 0 Å². The number of thiophene rings is 1. The maximum Gasteiger partial charge on any atom is 0.0802 e. The topological polar surface area (TPSA) is 21.3 Å². The Balaban J connectivity index is 2.15. The van der Waals surface area contributed by atoms with Crippen LogP contribution in [0, 0.1) is 5.92 Å². The van der Waals surface area contributed by atoms with E-state index < -0.39 is 0 Å². The van der Waals surface area contributed by atoms with Gasteiger partial charge in [0.15, 0.2) is 0 Å². The quantitative estimate of drug-likeness (QED) is 0.874. The molecule has 18 heavy (non-hydrogen) atoms. The first-order chi connectivity index (χ1) is 8.77. The van der Waals surface area contributed by atoms with Crippen LogP contribution < -0.4 is 5.32 Å². The summed E-state index contributed by atoms with van der Waals surface area (Å²) < 4.78 is 5.81. The third kappa shape index (κ3) is 3.08. The van der Waals surface area contributed by atoms with Crippen LogP contribution in [0.2, 0.25) is 5.02 Å². The smallest absolute Gasteiger partial charge is 0.0802 e. The molecule has 1 saturated carbocycles. The number of halogens is 1. The van der Waals surface area contributed by atoms with Crippen molar-refractivity contribution in [3.8, 4) is 0 Å². The zero-order valence-electron chi connectivity index (χ0n) is 11.1. The van der Waals surface area contributed by atoms with E-state index in [2.05, 4.69) is 10.7 Å². The van der Waals surface area contributed by atoms with E-state index in [1.54, 1.807) is 11.3 Å². The van der Waals surface area contributed by atoms with Gasteiger partial charge in [-0.2, -0.15) is 0 Å². The minimum Gasteiger partial charge on any atom is -0.379 e. The monoisotopic (exact) mass is 287 g/mol. The van der Waals surface area contributed by atoms with Crippen molar-refractivity contribution in [1.82, 2.24) is 5.32 Å². The van der Waals surface area contributed by atoms with Crippen LogP contribution in [0.1, 0.15) is 43.0 Å². The third-order valence-corrected chi connectivity index (χ3v) is 5.39. The second kappa shape index (κ2) is 6.90. The summed E-state index contributed by atoms with van der Waals surface area (Å²) in [6.07, 6.45) is 6.82. The Morgan fingerprint density at radius 1 is 1.39 bits per heavy atom. The zero-order chi connectivity index (χ0) is 13.0. The van der Waals surface area contributed by atoms with Gasteiger partial charge in [-0.05, 0) is 37.3 Å². The van der Waals surface area contributed by atoms with Crippen molar-refractivity contribution in [3.05, 3.63) is 21.3 Å². The van der Waals surface area contributed by atoms with Crippen LogP contribution in [0.3, 0.4) is 0 Å². The molecular formula is C14H22ClNOS. The van der Waals surface area contributed by atoms with Crippen molar-refractivity contribution >= 4 is 22.9 Å². The van der Waals surface area contributed by atoms with Crippen LogP contribution in [0.25, 0.3) is 0 Å². The minimum absolute atomic E-state index is 0.214. The summed E-state index contributed by atoms with van der Waals surface area (Å²) in [5.41, 5.74) is 0. The molecule has 0 amide bonds. The van der Waals surface area contributed by atoms with E-state index in [4.69, 9.17) is 16.3 Å². The van der Waals surface area contributed by atoms with Crippen LogP contribution in [0.4, 0.5) is 0 Å². The fourth-order valence-electron chi connectivity index (χ4n) is 3.04. The standard InChI is InChI=1S/C14H22ClNOS/c1-16-12(14-11(15)8-9-18-14)13(17-2)10-6-4-3-5-7-10/h8-10,12-13,16H,3-7H2,1-2H3. The van der Waals surface area contributed by atoms with Gasteiger partial charge in [-0.25, -0.2) is 0 Å². The molecule has 4 heteroatoms. The number of hydrogen-bond donors (Lipinski definition) is 1. The number of likely N-dealkylation sites (N-methyl/N-ethyl adjacent to an activating group) is 1. The molecule has 1 aromatic rings. The average Bonchev–Trinajstić information content (AvgIpc) is 2.83. The van der Waals surface area contributed by atoms with E-state index in [9.17, 15) is 0 Å². The molecule has 2 unspecified atom stereocenters. The lowest BCUT2D eigenvalue weighted by atomic mass is 9.82. The van der Waals surface area contributed by atoms with Crippen molar-refractivity contribution in [2.24, 2.45) is 5.92 Å². The molecule has 0 saturated heterocycles. The molecule has 2 nitrogen and oxygen atoms in total. The van der Waals surface area contributed by atoms with Crippen molar-refractivity contribution in [2.75, 3.05) is 14.2 Å². The van der Waals surface area contributed by atoms with E-state index >= 15 is 0 Å². The lowest BCUT2D eigenvalue weighted by Crippen LogP contribution is -2.37. The summed E-state index contributed by atoms with van der Waals surface area (Å²) in [6.45, 7) is 0. The van der Waals surface area contributed by atoms with Gasteiger partial charge in [-0.15, -0.1) is 11.3 Å². The number of methoxy groups -OCH3 is 1. The molecule has 0 radical (unpaired) electrons. The van der Waals surface area contributed by atoms with Gasteiger partial charge in [0, 0.05) is 12.0 Å². The fraction of sp³-hybridized carbons (Fsp3) is 0.714. The maximum atomic E-state index is 6.27. The Bertz CT molecular complexity index is 362. The van der Waals surface area contributed by atoms with E-state index in [0.717, 1.165) is 5.02 Å². The normalized spacial score (nSPS) is 20.8. The highest BCUT2D eigenvalue weighted by atomic mass is 35.5. The molecule has 102 valence electrons.